The van der Waals surface area contributed by atoms with Gasteiger partial charge in [-0.05, 0) is 12.1 Å². The number of rotatable bonds is 2. The van der Waals surface area contributed by atoms with Crippen LogP contribution in [0.3, 0.4) is 0 Å². The van der Waals surface area contributed by atoms with Gasteiger partial charge in [0.05, 0.1) is 30.7 Å². The van der Waals surface area contributed by atoms with Crippen LogP contribution in [0.25, 0.3) is 10.8 Å². The quantitative estimate of drug-likeness (QED) is 0.617. The van der Waals surface area contributed by atoms with Crippen LogP contribution in [0.4, 0.5) is 11.4 Å². The van der Waals surface area contributed by atoms with Gasteiger partial charge in [0.2, 0.25) is 0 Å². The zero-order valence-electron chi connectivity index (χ0n) is 8.59. The third-order valence-corrected chi connectivity index (χ3v) is 3.04. The van der Waals surface area contributed by atoms with Gasteiger partial charge in [0.15, 0.2) is 0 Å². The van der Waals surface area contributed by atoms with Crippen molar-refractivity contribution in [1.29, 1.82) is 0 Å². The van der Waals surface area contributed by atoms with Crippen LogP contribution < -0.4 is 0 Å². The van der Waals surface area contributed by atoms with Crippen molar-refractivity contribution >= 4 is 45.3 Å². The zero-order valence-corrected chi connectivity index (χ0v) is 10.1. The van der Waals surface area contributed by atoms with E-state index >= 15 is 0 Å². The topological polar surface area (TPSA) is 86.3 Å². The molecule has 0 saturated heterocycles. The van der Waals surface area contributed by atoms with Gasteiger partial charge in [-0.2, -0.15) is 0 Å². The Hall–Kier alpha value is -1.92. The molecule has 0 unspecified atom stereocenters. The molecule has 2 rings (SSSR count). The van der Waals surface area contributed by atoms with Crippen LogP contribution in [0.1, 0.15) is 0 Å². The lowest BCUT2D eigenvalue weighted by Crippen LogP contribution is -1.94. The first-order chi connectivity index (χ1) is 8.43. The minimum atomic E-state index is -0.658. The van der Waals surface area contributed by atoms with E-state index in [4.69, 9.17) is 23.2 Å². The number of non-ortho nitro benzene ring substituents is 2. The van der Waals surface area contributed by atoms with E-state index in [0.29, 0.717) is 0 Å². The maximum atomic E-state index is 10.9. The van der Waals surface area contributed by atoms with E-state index in [0.717, 1.165) is 0 Å². The van der Waals surface area contributed by atoms with Gasteiger partial charge >= 0.3 is 0 Å². The molecule has 6 nitrogen and oxygen atoms in total. The van der Waals surface area contributed by atoms with Crippen molar-refractivity contribution in [2.45, 2.75) is 0 Å². The zero-order chi connectivity index (χ0) is 13.4. The number of halogens is 2. The maximum absolute atomic E-state index is 10.9. The Morgan fingerprint density at radius 3 is 1.39 bits per heavy atom. The van der Waals surface area contributed by atoms with Crippen LogP contribution in [0.5, 0.6) is 0 Å². The van der Waals surface area contributed by atoms with E-state index in [1.165, 1.54) is 24.3 Å². The monoisotopic (exact) mass is 286 g/mol. The molecule has 0 saturated carbocycles. The molecule has 0 bridgehead atoms. The van der Waals surface area contributed by atoms with Crippen molar-refractivity contribution in [3.63, 3.8) is 0 Å². The average Bonchev–Trinajstić information content (AvgIpc) is 2.29. The summed E-state index contributed by atoms with van der Waals surface area (Å²) in [6.45, 7) is 0. The van der Waals surface area contributed by atoms with Crippen molar-refractivity contribution in [2.75, 3.05) is 0 Å². The fraction of sp³-hybridized carbons (Fsp3) is 0. The molecule has 0 atom stereocenters. The smallest absolute Gasteiger partial charge is 0.258 e. The molecule has 2 aromatic carbocycles. The largest absolute Gasteiger partial charge is 0.279 e. The molecule has 8 heteroatoms. The Balaban J connectivity index is 3.04. The summed E-state index contributed by atoms with van der Waals surface area (Å²) in [5.41, 5.74) is -0.633. The fourth-order valence-electron chi connectivity index (χ4n) is 1.68. The van der Waals surface area contributed by atoms with Crippen molar-refractivity contribution < 1.29 is 9.85 Å². The third-order valence-electron chi connectivity index (χ3n) is 2.41. The Labute approximate surface area is 110 Å². The number of hydrogen-bond acceptors (Lipinski definition) is 4. The van der Waals surface area contributed by atoms with Crippen molar-refractivity contribution in [2.24, 2.45) is 0 Å². The highest BCUT2D eigenvalue weighted by atomic mass is 35.5. The van der Waals surface area contributed by atoms with Gasteiger partial charge in [-0.1, -0.05) is 23.2 Å². The number of fused-ring (bicyclic) bond motifs is 1. The van der Waals surface area contributed by atoms with E-state index in [2.05, 4.69) is 0 Å². The second-order valence-corrected chi connectivity index (χ2v) is 4.21. The minimum Gasteiger partial charge on any atom is -0.258 e. The van der Waals surface area contributed by atoms with E-state index < -0.39 is 9.85 Å². The van der Waals surface area contributed by atoms with Crippen LogP contribution in [0, 0.1) is 20.2 Å². The lowest BCUT2D eigenvalue weighted by atomic mass is 10.1. The van der Waals surface area contributed by atoms with Gasteiger partial charge in [0.25, 0.3) is 11.4 Å². The summed E-state index contributed by atoms with van der Waals surface area (Å²) in [5.74, 6) is 0. The molecule has 2 aromatic rings. The summed E-state index contributed by atoms with van der Waals surface area (Å²) in [7, 11) is 0. The standard InChI is InChI=1S/C10H4Cl2N2O4/c11-5-1-3-7(13(15)16)10-6(12)2-4-8(9(5)10)14(17)18/h1-4H. The predicted octanol–water partition coefficient (Wildman–Crippen LogP) is 3.96. The summed E-state index contributed by atoms with van der Waals surface area (Å²) >= 11 is 11.7. The molecule has 0 aliphatic carbocycles. The molecule has 0 amide bonds. The maximum Gasteiger partial charge on any atom is 0.279 e. The van der Waals surface area contributed by atoms with E-state index in [-0.39, 0.29) is 32.2 Å². The van der Waals surface area contributed by atoms with Crippen molar-refractivity contribution in [3.8, 4) is 0 Å². The molecule has 0 aromatic heterocycles. The van der Waals surface area contributed by atoms with Gasteiger partial charge in [-0.15, -0.1) is 0 Å². The van der Waals surface area contributed by atoms with Crippen LogP contribution in [-0.2, 0) is 0 Å². The highest BCUT2D eigenvalue weighted by Crippen LogP contribution is 2.41. The van der Waals surface area contributed by atoms with E-state index in [1.807, 2.05) is 0 Å². The van der Waals surface area contributed by atoms with Gasteiger partial charge in [0.1, 0.15) is 0 Å². The Morgan fingerprint density at radius 1 is 0.778 bits per heavy atom. The second kappa shape index (κ2) is 4.40. The van der Waals surface area contributed by atoms with Crippen LogP contribution in [0.15, 0.2) is 24.3 Å². The van der Waals surface area contributed by atoms with Crippen LogP contribution in [-0.4, -0.2) is 9.85 Å². The number of nitro groups is 2. The molecule has 0 aliphatic heterocycles. The highest BCUT2D eigenvalue weighted by molar-refractivity contribution is 6.41. The molecule has 92 valence electrons. The summed E-state index contributed by atoms with van der Waals surface area (Å²) in [5, 5.41) is 21.8. The summed E-state index contributed by atoms with van der Waals surface area (Å²) in [4.78, 5) is 20.5. The van der Waals surface area contributed by atoms with Gasteiger partial charge in [-0.3, -0.25) is 20.2 Å². The lowest BCUT2D eigenvalue weighted by molar-refractivity contribution is -0.384. The molecule has 0 N–H and O–H groups in total. The first-order valence-electron chi connectivity index (χ1n) is 4.63. The first kappa shape index (κ1) is 12.5. The van der Waals surface area contributed by atoms with Crippen molar-refractivity contribution in [3.05, 3.63) is 54.5 Å². The molecule has 0 aliphatic rings. The van der Waals surface area contributed by atoms with E-state index in [1.54, 1.807) is 0 Å². The first-order valence-corrected chi connectivity index (χ1v) is 5.38. The second-order valence-electron chi connectivity index (χ2n) is 3.40. The normalized spacial score (nSPS) is 10.6. The fourth-order valence-corrected chi connectivity index (χ4v) is 2.19. The number of nitrogens with zero attached hydrogens (tertiary/aromatic N) is 2. The Bertz CT molecular complexity index is 628. The van der Waals surface area contributed by atoms with Crippen molar-refractivity contribution in [1.82, 2.24) is 0 Å². The number of nitro benzene ring substituents is 2. The van der Waals surface area contributed by atoms with Gasteiger partial charge in [-0.25, -0.2) is 0 Å². The average molecular weight is 287 g/mol. The predicted molar refractivity (Wildman–Crippen MR) is 67.3 cm³/mol. The SMILES string of the molecule is O=[N+]([O-])c1ccc(Cl)c2c([N+](=O)[O-])ccc(Cl)c12. The van der Waals surface area contributed by atoms with Crippen LogP contribution in [0.2, 0.25) is 10.0 Å². The highest BCUT2D eigenvalue weighted by Gasteiger charge is 2.23. The molecule has 0 spiro atoms. The molecule has 0 fully saturated rings. The minimum absolute atomic E-state index is 0.0247. The van der Waals surface area contributed by atoms with E-state index in [9.17, 15) is 20.2 Å². The summed E-state index contributed by atoms with van der Waals surface area (Å²) in [6, 6.07) is 4.82. The molecule has 0 radical (unpaired) electrons. The lowest BCUT2D eigenvalue weighted by Gasteiger charge is -2.04. The Kier molecular flexibility index (Phi) is 3.06. The molecule has 18 heavy (non-hydrogen) atoms. The Morgan fingerprint density at radius 2 is 1.11 bits per heavy atom. The summed E-state index contributed by atoms with van der Waals surface area (Å²) < 4.78 is 0. The molecule has 0 heterocycles. The molecular formula is C10H4Cl2N2O4. The number of hydrogen-bond donors (Lipinski definition) is 0. The van der Waals surface area contributed by atoms with Gasteiger partial charge < -0.3 is 0 Å². The number of benzene rings is 2. The third kappa shape index (κ3) is 1.85. The van der Waals surface area contributed by atoms with Gasteiger partial charge in [0, 0.05) is 12.1 Å². The molecular weight excluding hydrogens is 283 g/mol. The summed E-state index contributed by atoms with van der Waals surface area (Å²) in [6.07, 6.45) is 0. The van der Waals surface area contributed by atoms with Crippen LogP contribution >= 0.6 is 23.2 Å².